The number of halogens is 3. The van der Waals surface area contributed by atoms with Gasteiger partial charge in [0.05, 0.1) is 25.8 Å². The zero-order valence-corrected chi connectivity index (χ0v) is 27.0. The first-order valence-corrected chi connectivity index (χ1v) is 16.3. The van der Waals surface area contributed by atoms with E-state index < -0.39 is 6.15 Å². The molecule has 0 fully saturated rings. The van der Waals surface area contributed by atoms with Crippen molar-refractivity contribution >= 4 is 28.1 Å². The van der Waals surface area contributed by atoms with Gasteiger partial charge in [-0.25, -0.2) is 13.2 Å². The van der Waals surface area contributed by atoms with Gasteiger partial charge in [-0.2, -0.15) is 22.7 Å². The lowest BCUT2D eigenvalue weighted by molar-refractivity contribution is -0.916. The predicted molar refractivity (Wildman–Crippen MR) is 185 cm³/mol. The van der Waals surface area contributed by atoms with Crippen LogP contribution in [0.1, 0.15) is 58.9 Å². The third kappa shape index (κ3) is 8.98. The number of quaternary nitrogens is 1. The topological polar surface area (TPSA) is 0 Å². The van der Waals surface area contributed by atoms with Crippen molar-refractivity contribution in [2.75, 3.05) is 26.2 Å². The Kier molecular flexibility index (Phi) is 13.5. The molecule has 0 aliphatic rings. The van der Waals surface area contributed by atoms with Crippen molar-refractivity contribution in [3.8, 4) is 0 Å². The average Bonchev–Trinajstić information content (AvgIpc) is 3.04. The van der Waals surface area contributed by atoms with Crippen LogP contribution in [0.25, 0.3) is 5.57 Å². The zero-order valence-electron chi connectivity index (χ0n) is 27.0. The minimum Gasteiger partial charge on any atom is -0.321 e. The normalized spacial score (nSPS) is 11.5. The second-order valence-electron chi connectivity index (χ2n) is 12.0. The second-order valence-corrected chi connectivity index (χ2v) is 12.0. The monoisotopic (exact) mass is 599 g/mol. The van der Waals surface area contributed by atoms with Crippen LogP contribution in [-0.4, -0.2) is 36.8 Å². The number of hydrogen-bond donors (Lipinski definition) is 0. The molecule has 0 aliphatic carbocycles. The van der Waals surface area contributed by atoms with Gasteiger partial charge in [0, 0.05) is 5.57 Å². The van der Waals surface area contributed by atoms with Gasteiger partial charge in [-0.15, -0.1) is 0 Å². The molecule has 0 saturated heterocycles. The fraction of sp³-hybridized carbons (Fsp3) is 0.333. The number of hydrogen-bond acceptors (Lipinski definition) is 0. The summed E-state index contributed by atoms with van der Waals surface area (Å²) in [6, 6.07) is 29.9. The fourth-order valence-electron chi connectivity index (χ4n) is 6.57. The van der Waals surface area contributed by atoms with E-state index in [1.807, 2.05) is 18.2 Å². The maximum absolute atomic E-state index is 14.2. The molecule has 0 radical (unpaired) electrons. The lowest BCUT2D eigenvalue weighted by Crippen LogP contribution is -2.67. The van der Waals surface area contributed by atoms with Gasteiger partial charge < -0.3 is 4.48 Å². The molecule has 0 aliphatic heterocycles. The standard InChI is InChI=1S/C24H25BF3.C15H24N/c1-2-3-4-5-15-25(19-9-6-12-22(26)16-19,20-10-7-13-23(27)17-20)21-11-8-14-24(28)18-21;1-5-16(6-2,7-3)13-14(4)15-11-9-8-10-12-15/h6-14,16-18H,2-5,15H2,1H3;8-12H,4-7,13H2,1-3H3/q-1;+1. The summed E-state index contributed by atoms with van der Waals surface area (Å²) >= 11 is 0. The Balaban J connectivity index is 0.000000281. The first-order valence-electron chi connectivity index (χ1n) is 16.3. The van der Waals surface area contributed by atoms with Crippen molar-refractivity contribution < 1.29 is 17.7 Å². The fourth-order valence-corrected chi connectivity index (χ4v) is 6.57. The molecule has 0 N–H and O–H groups in total. The summed E-state index contributed by atoms with van der Waals surface area (Å²) in [5, 5.41) is 0. The highest BCUT2D eigenvalue weighted by Crippen LogP contribution is 2.20. The number of rotatable bonds is 14. The molecule has 0 amide bonds. The summed E-state index contributed by atoms with van der Waals surface area (Å²) < 4.78 is 43.7. The van der Waals surface area contributed by atoms with Crippen LogP contribution in [0.4, 0.5) is 13.2 Å². The van der Waals surface area contributed by atoms with E-state index in [-0.39, 0.29) is 17.5 Å². The van der Waals surface area contributed by atoms with Crippen molar-refractivity contribution in [1.29, 1.82) is 0 Å². The predicted octanol–water partition coefficient (Wildman–Crippen LogP) is 8.73. The van der Waals surface area contributed by atoms with Crippen LogP contribution in [-0.2, 0) is 0 Å². The maximum atomic E-state index is 14.2. The number of likely N-dealkylation sites (N-methyl/N-ethyl adjacent to an activating group) is 1. The molecule has 0 atom stereocenters. The molecule has 0 saturated carbocycles. The Bertz CT molecular complexity index is 1330. The first-order chi connectivity index (χ1) is 21.2. The van der Waals surface area contributed by atoms with Crippen LogP contribution in [0.15, 0.2) is 110 Å². The van der Waals surface area contributed by atoms with E-state index in [2.05, 4.69) is 64.6 Å². The third-order valence-corrected chi connectivity index (χ3v) is 9.46. The van der Waals surface area contributed by atoms with E-state index in [0.717, 1.165) is 53.1 Å². The van der Waals surface area contributed by atoms with Crippen molar-refractivity contribution in [1.82, 2.24) is 0 Å². The number of unbranched alkanes of at least 4 members (excludes halogenated alkanes) is 3. The Morgan fingerprint density at radius 3 is 1.43 bits per heavy atom. The smallest absolute Gasteiger partial charge is 0.120 e. The highest BCUT2D eigenvalue weighted by atomic mass is 19.1. The highest BCUT2D eigenvalue weighted by molar-refractivity contribution is 7.11. The van der Waals surface area contributed by atoms with Crippen LogP contribution in [0.2, 0.25) is 6.32 Å². The van der Waals surface area contributed by atoms with Gasteiger partial charge in [-0.1, -0.05) is 124 Å². The molecular weight excluding hydrogens is 550 g/mol. The van der Waals surface area contributed by atoms with Crippen LogP contribution in [0.5, 0.6) is 0 Å². The second kappa shape index (κ2) is 17.1. The molecule has 234 valence electrons. The average molecular weight is 600 g/mol. The largest absolute Gasteiger partial charge is 0.321 e. The van der Waals surface area contributed by atoms with Crippen molar-refractivity contribution in [2.24, 2.45) is 0 Å². The molecule has 4 aromatic rings. The van der Waals surface area contributed by atoms with Crippen LogP contribution in [0.3, 0.4) is 0 Å². The van der Waals surface area contributed by atoms with E-state index in [9.17, 15) is 13.2 Å². The van der Waals surface area contributed by atoms with Gasteiger partial charge in [0.2, 0.25) is 0 Å². The van der Waals surface area contributed by atoms with Crippen molar-refractivity contribution in [3.63, 3.8) is 0 Å². The highest BCUT2D eigenvalue weighted by Gasteiger charge is 2.30. The zero-order chi connectivity index (χ0) is 32.0. The van der Waals surface area contributed by atoms with Gasteiger partial charge in [0.25, 0.3) is 0 Å². The van der Waals surface area contributed by atoms with Crippen LogP contribution >= 0.6 is 0 Å². The van der Waals surface area contributed by atoms with Gasteiger partial charge in [-0.3, -0.25) is 0 Å². The lowest BCUT2D eigenvalue weighted by atomic mass is 9.14. The third-order valence-electron chi connectivity index (χ3n) is 9.46. The van der Waals surface area contributed by atoms with Crippen LogP contribution < -0.4 is 16.4 Å². The van der Waals surface area contributed by atoms with Gasteiger partial charge in [0.1, 0.15) is 24.0 Å². The summed E-state index contributed by atoms with van der Waals surface area (Å²) in [6.45, 7) is 17.8. The quantitative estimate of drug-likeness (QED) is 0.0773. The van der Waals surface area contributed by atoms with Gasteiger partial charge in [-0.05, 0) is 44.5 Å². The van der Waals surface area contributed by atoms with Crippen molar-refractivity contribution in [2.45, 2.75) is 59.7 Å². The summed E-state index contributed by atoms with van der Waals surface area (Å²) in [4.78, 5) is 0. The summed E-state index contributed by atoms with van der Waals surface area (Å²) in [5.41, 5.74) is 4.85. The molecule has 0 aromatic heterocycles. The van der Waals surface area contributed by atoms with Crippen LogP contribution in [0, 0.1) is 17.5 Å². The van der Waals surface area contributed by atoms with E-state index in [4.69, 9.17) is 0 Å². The Morgan fingerprint density at radius 1 is 0.591 bits per heavy atom. The molecule has 0 heterocycles. The van der Waals surface area contributed by atoms with E-state index >= 15 is 0 Å². The van der Waals surface area contributed by atoms with E-state index in [1.165, 1.54) is 67.2 Å². The molecule has 44 heavy (non-hydrogen) atoms. The Morgan fingerprint density at radius 2 is 1.05 bits per heavy atom. The molecule has 1 nitrogen and oxygen atoms in total. The molecule has 4 rings (SSSR count). The van der Waals surface area contributed by atoms with E-state index in [1.54, 1.807) is 18.2 Å². The molecule has 0 spiro atoms. The lowest BCUT2D eigenvalue weighted by Gasteiger charge is -2.43. The summed E-state index contributed by atoms with van der Waals surface area (Å²) in [5.74, 6) is -1.03. The molecular formula is C39H49BF3N. The Hall–Kier alpha value is -3.57. The minimum absolute atomic E-state index is 0.342. The molecule has 0 bridgehead atoms. The summed E-state index contributed by atoms with van der Waals surface area (Å²) in [6.07, 6.45) is 3.12. The number of nitrogens with zero attached hydrogens (tertiary/aromatic N) is 1. The summed E-state index contributed by atoms with van der Waals surface area (Å²) in [7, 11) is 0. The number of benzene rings is 4. The van der Waals surface area contributed by atoms with Gasteiger partial charge in [0.15, 0.2) is 0 Å². The SMILES string of the molecule is C=C(C[N+](CC)(CC)CC)c1ccccc1.CCCCCC[B-](c1cccc(F)c1)(c1cccc(F)c1)c1cccc(F)c1. The Labute approximate surface area is 264 Å². The molecule has 4 aromatic carbocycles. The van der Waals surface area contributed by atoms with Crippen molar-refractivity contribution in [3.05, 3.63) is 133 Å². The maximum Gasteiger partial charge on any atom is 0.120 e. The van der Waals surface area contributed by atoms with Gasteiger partial charge >= 0.3 is 0 Å². The van der Waals surface area contributed by atoms with E-state index in [0.29, 0.717) is 6.32 Å². The first kappa shape index (κ1) is 34.9. The molecule has 0 unspecified atom stereocenters. The minimum atomic E-state index is -1.71. The molecule has 5 heteroatoms.